The van der Waals surface area contributed by atoms with E-state index in [0.29, 0.717) is 6.29 Å². The first-order chi connectivity index (χ1) is 6.61. The van der Waals surface area contributed by atoms with Crippen LogP contribution in [0, 0.1) is 0 Å². The fourth-order valence-electron chi connectivity index (χ4n) is 1.08. The predicted molar refractivity (Wildman–Crippen MR) is 47.0 cm³/mol. The Morgan fingerprint density at radius 2 is 2.14 bits per heavy atom. The number of aromatic carboxylic acids is 1. The standard InChI is InChI=1S/C9H8O5/c1-14-6-3-2-5(4-10)7(8(6)11)9(12)13/h2-4,11H,1H3,(H,12,13). The van der Waals surface area contributed by atoms with Gasteiger partial charge in [0.25, 0.3) is 0 Å². The number of aldehydes is 1. The van der Waals surface area contributed by atoms with E-state index < -0.39 is 17.3 Å². The second-order valence-corrected chi connectivity index (χ2v) is 2.50. The summed E-state index contributed by atoms with van der Waals surface area (Å²) in [6.45, 7) is 0. The second kappa shape index (κ2) is 3.78. The maximum Gasteiger partial charge on any atom is 0.340 e. The summed E-state index contributed by atoms with van der Waals surface area (Å²) >= 11 is 0. The Balaban J connectivity index is 3.46. The normalized spacial score (nSPS) is 9.50. The van der Waals surface area contributed by atoms with Crippen LogP contribution < -0.4 is 4.74 Å². The summed E-state index contributed by atoms with van der Waals surface area (Å²) in [5.41, 5.74) is -0.532. The van der Waals surface area contributed by atoms with Gasteiger partial charge in [-0.3, -0.25) is 4.79 Å². The van der Waals surface area contributed by atoms with Gasteiger partial charge in [0.2, 0.25) is 0 Å². The predicted octanol–water partition coefficient (Wildman–Crippen LogP) is 0.911. The van der Waals surface area contributed by atoms with E-state index in [1.165, 1.54) is 19.2 Å². The molecule has 74 valence electrons. The molecule has 1 aromatic rings. The lowest BCUT2D eigenvalue weighted by atomic mass is 10.1. The average molecular weight is 196 g/mol. The summed E-state index contributed by atoms with van der Waals surface area (Å²) in [6.07, 6.45) is 0.364. The van der Waals surface area contributed by atoms with Gasteiger partial charge in [-0.25, -0.2) is 4.79 Å². The summed E-state index contributed by atoms with van der Waals surface area (Å²) in [6, 6.07) is 2.60. The molecule has 5 heteroatoms. The van der Waals surface area contributed by atoms with Crippen LogP contribution in [0.15, 0.2) is 12.1 Å². The van der Waals surface area contributed by atoms with Gasteiger partial charge in [-0.15, -0.1) is 0 Å². The van der Waals surface area contributed by atoms with Gasteiger partial charge < -0.3 is 14.9 Å². The molecule has 14 heavy (non-hydrogen) atoms. The summed E-state index contributed by atoms with van der Waals surface area (Å²) in [7, 11) is 1.29. The van der Waals surface area contributed by atoms with E-state index in [9.17, 15) is 14.7 Å². The fourth-order valence-corrected chi connectivity index (χ4v) is 1.08. The topological polar surface area (TPSA) is 83.8 Å². The first-order valence-electron chi connectivity index (χ1n) is 3.70. The van der Waals surface area contributed by atoms with Crippen molar-refractivity contribution in [3.63, 3.8) is 0 Å². The minimum absolute atomic E-state index is 0.0213. The molecule has 1 aromatic carbocycles. The largest absolute Gasteiger partial charge is 0.504 e. The smallest absolute Gasteiger partial charge is 0.340 e. The van der Waals surface area contributed by atoms with Crippen molar-refractivity contribution in [3.8, 4) is 11.5 Å². The van der Waals surface area contributed by atoms with Crippen molar-refractivity contribution in [2.75, 3.05) is 7.11 Å². The zero-order chi connectivity index (χ0) is 10.7. The zero-order valence-corrected chi connectivity index (χ0v) is 7.35. The van der Waals surface area contributed by atoms with Crippen LogP contribution in [-0.2, 0) is 0 Å². The van der Waals surface area contributed by atoms with Crippen molar-refractivity contribution in [2.45, 2.75) is 0 Å². The highest BCUT2D eigenvalue weighted by Gasteiger charge is 2.18. The minimum atomic E-state index is -1.37. The van der Waals surface area contributed by atoms with Crippen LogP contribution in [0.3, 0.4) is 0 Å². The minimum Gasteiger partial charge on any atom is -0.504 e. The van der Waals surface area contributed by atoms with Crippen LogP contribution in [0.25, 0.3) is 0 Å². The number of carbonyl (C=O) groups is 2. The number of carbonyl (C=O) groups excluding carboxylic acids is 1. The lowest BCUT2D eigenvalue weighted by Crippen LogP contribution is -2.03. The van der Waals surface area contributed by atoms with Crippen LogP contribution in [0.1, 0.15) is 20.7 Å². The van der Waals surface area contributed by atoms with Gasteiger partial charge in [-0.1, -0.05) is 0 Å². The van der Waals surface area contributed by atoms with Crippen molar-refractivity contribution < 1.29 is 24.5 Å². The fraction of sp³-hybridized carbons (Fsp3) is 0.111. The number of hydrogen-bond acceptors (Lipinski definition) is 4. The van der Waals surface area contributed by atoms with Crippen LogP contribution in [0.2, 0.25) is 0 Å². The number of carboxylic acids is 1. The van der Waals surface area contributed by atoms with E-state index >= 15 is 0 Å². The third-order valence-corrected chi connectivity index (χ3v) is 1.73. The maximum absolute atomic E-state index is 10.7. The number of ether oxygens (including phenoxy) is 1. The number of rotatable bonds is 3. The number of benzene rings is 1. The average Bonchev–Trinajstić information content (AvgIpc) is 2.16. The summed E-state index contributed by atoms with van der Waals surface area (Å²) < 4.78 is 4.71. The lowest BCUT2D eigenvalue weighted by Gasteiger charge is -2.07. The molecule has 1 rings (SSSR count). The molecule has 0 fully saturated rings. The highest BCUT2D eigenvalue weighted by atomic mass is 16.5. The molecule has 0 radical (unpaired) electrons. The van der Waals surface area contributed by atoms with E-state index in [1.54, 1.807) is 0 Å². The molecule has 5 nitrogen and oxygen atoms in total. The molecule has 0 unspecified atom stereocenters. The summed E-state index contributed by atoms with van der Waals surface area (Å²) in [5, 5.41) is 18.1. The van der Waals surface area contributed by atoms with Gasteiger partial charge in [0.05, 0.1) is 7.11 Å². The molecule has 0 saturated carbocycles. The van der Waals surface area contributed by atoms with Crippen LogP contribution in [-0.4, -0.2) is 29.6 Å². The Morgan fingerprint density at radius 1 is 1.50 bits per heavy atom. The summed E-state index contributed by atoms with van der Waals surface area (Å²) in [4.78, 5) is 21.2. The van der Waals surface area contributed by atoms with Gasteiger partial charge in [0, 0.05) is 5.56 Å². The molecule has 2 N–H and O–H groups in total. The third kappa shape index (κ3) is 1.52. The number of hydrogen-bond donors (Lipinski definition) is 2. The Morgan fingerprint density at radius 3 is 2.57 bits per heavy atom. The molecular weight excluding hydrogens is 188 g/mol. The molecule has 0 atom stereocenters. The summed E-state index contributed by atoms with van der Waals surface area (Å²) in [5.74, 6) is -1.89. The molecule has 0 bridgehead atoms. The SMILES string of the molecule is COc1ccc(C=O)c(C(=O)O)c1O. The first kappa shape index (κ1) is 10.0. The highest BCUT2D eigenvalue weighted by molar-refractivity contribution is 6.00. The van der Waals surface area contributed by atoms with Crippen molar-refractivity contribution in [1.82, 2.24) is 0 Å². The molecule has 0 aliphatic heterocycles. The van der Waals surface area contributed by atoms with Crippen LogP contribution >= 0.6 is 0 Å². The number of methoxy groups -OCH3 is 1. The van der Waals surface area contributed by atoms with Crippen molar-refractivity contribution in [2.24, 2.45) is 0 Å². The number of carboxylic acid groups (broad SMARTS) is 1. The molecule has 0 aliphatic carbocycles. The quantitative estimate of drug-likeness (QED) is 0.702. The van der Waals surface area contributed by atoms with Crippen LogP contribution in [0.4, 0.5) is 0 Å². The maximum atomic E-state index is 10.7. The molecule has 0 amide bonds. The third-order valence-electron chi connectivity index (χ3n) is 1.73. The monoisotopic (exact) mass is 196 g/mol. The van der Waals surface area contributed by atoms with E-state index in [4.69, 9.17) is 9.84 Å². The van der Waals surface area contributed by atoms with E-state index in [2.05, 4.69) is 0 Å². The van der Waals surface area contributed by atoms with Crippen molar-refractivity contribution in [1.29, 1.82) is 0 Å². The molecule has 0 spiro atoms. The molecule has 0 saturated heterocycles. The van der Waals surface area contributed by atoms with Gasteiger partial charge in [0.1, 0.15) is 5.56 Å². The van der Waals surface area contributed by atoms with Crippen molar-refractivity contribution >= 4 is 12.3 Å². The van der Waals surface area contributed by atoms with Gasteiger partial charge in [-0.2, -0.15) is 0 Å². The zero-order valence-electron chi connectivity index (χ0n) is 7.35. The molecule has 0 aromatic heterocycles. The molecular formula is C9H8O5. The van der Waals surface area contributed by atoms with E-state index in [-0.39, 0.29) is 11.3 Å². The first-order valence-corrected chi connectivity index (χ1v) is 3.70. The van der Waals surface area contributed by atoms with Gasteiger partial charge in [0.15, 0.2) is 17.8 Å². The number of phenols is 1. The van der Waals surface area contributed by atoms with Gasteiger partial charge >= 0.3 is 5.97 Å². The van der Waals surface area contributed by atoms with Gasteiger partial charge in [-0.05, 0) is 12.1 Å². The Bertz CT molecular complexity index is 383. The van der Waals surface area contributed by atoms with Crippen molar-refractivity contribution in [3.05, 3.63) is 23.3 Å². The van der Waals surface area contributed by atoms with E-state index in [0.717, 1.165) is 0 Å². The van der Waals surface area contributed by atoms with Crippen LogP contribution in [0.5, 0.6) is 11.5 Å². The molecule has 0 heterocycles. The second-order valence-electron chi connectivity index (χ2n) is 2.50. The Kier molecular flexibility index (Phi) is 2.71. The Hall–Kier alpha value is -2.04. The molecule has 0 aliphatic rings. The highest BCUT2D eigenvalue weighted by Crippen LogP contribution is 2.31. The Labute approximate surface area is 79.6 Å². The lowest BCUT2D eigenvalue weighted by molar-refractivity contribution is 0.0690. The van der Waals surface area contributed by atoms with E-state index in [1.807, 2.05) is 0 Å². The number of aromatic hydroxyl groups is 1.